The fourth-order valence-electron chi connectivity index (χ4n) is 3.35. The number of carbonyl (C=O) groups excluding carboxylic acids is 2. The Kier molecular flexibility index (Phi) is 6.68. The van der Waals surface area contributed by atoms with E-state index >= 15 is 0 Å². The fraction of sp³-hybridized carbons (Fsp3) is 0.294. The molecule has 15 nitrogen and oxygen atoms in total. The number of nitrogens with two attached hydrogens (primary N) is 1. The van der Waals surface area contributed by atoms with Crippen LogP contribution in [0.4, 0.5) is 5.13 Å². The van der Waals surface area contributed by atoms with Gasteiger partial charge < -0.3 is 21.4 Å². The zero-order valence-corrected chi connectivity index (χ0v) is 20.1. The van der Waals surface area contributed by atoms with Crippen LogP contribution in [0.1, 0.15) is 5.69 Å². The second-order valence-corrected chi connectivity index (χ2v) is 10.1. The number of aromatic nitrogens is 4. The number of hydrogen-bond donors (Lipinski definition) is 5. The van der Waals surface area contributed by atoms with Crippen LogP contribution in [0.2, 0.25) is 0 Å². The number of thiazole rings is 1. The minimum Gasteiger partial charge on any atom is -0.477 e. The second-order valence-electron chi connectivity index (χ2n) is 7.13. The number of nitrogens with zero attached hydrogens (tertiary/aromatic N) is 5. The Morgan fingerprint density at radius 1 is 1.37 bits per heavy atom. The van der Waals surface area contributed by atoms with Crippen molar-refractivity contribution < 1.29 is 24.7 Å². The maximum Gasteiger partial charge on any atom is 0.352 e. The van der Waals surface area contributed by atoms with Crippen LogP contribution in [0.3, 0.4) is 0 Å². The lowest BCUT2D eigenvalue weighted by molar-refractivity contribution is -0.150. The van der Waals surface area contributed by atoms with E-state index in [1.54, 1.807) is 0 Å². The average molecular weight is 541 g/mol. The van der Waals surface area contributed by atoms with Gasteiger partial charge in [0.05, 0.1) is 0 Å². The number of carboxylic acid groups (broad SMARTS) is 1. The molecule has 4 heterocycles. The number of aryl methyl sites for hydroxylation is 1. The van der Waals surface area contributed by atoms with Crippen molar-refractivity contribution in [1.29, 1.82) is 0 Å². The smallest absolute Gasteiger partial charge is 0.352 e. The molecule has 2 atom stereocenters. The van der Waals surface area contributed by atoms with E-state index in [1.165, 1.54) is 28.9 Å². The van der Waals surface area contributed by atoms with Crippen molar-refractivity contribution in [2.45, 2.75) is 16.6 Å². The summed E-state index contributed by atoms with van der Waals surface area (Å²) in [6.45, 7) is 0. The predicted octanol–water partition coefficient (Wildman–Crippen LogP) is -1.78. The van der Waals surface area contributed by atoms with Crippen LogP contribution in [-0.4, -0.2) is 81.4 Å². The number of hydrogen-bond acceptors (Lipinski definition) is 13. The van der Waals surface area contributed by atoms with E-state index in [1.807, 2.05) is 0 Å². The number of oxime groups is 1. The lowest BCUT2D eigenvalue weighted by atomic mass is 10.0. The summed E-state index contributed by atoms with van der Waals surface area (Å²) in [6.07, 6.45) is 0. The van der Waals surface area contributed by atoms with Gasteiger partial charge in [-0.2, -0.15) is 4.98 Å². The van der Waals surface area contributed by atoms with E-state index in [0.29, 0.717) is 5.57 Å². The highest BCUT2D eigenvalue weighted by Gasteiger charge is 2.54. The lowest BCUT2D eigenvalue weighted by Gasteiger charge is -2.49. The molecule has 2 aromatic rings. The van der Waals surface area contributed by atoms with Crippen molar-refractivity contribution in [3.8, 4) is 0 Å². The van der Waals surface area contributed by atoms with Gasteiger partial charge in [0.25, 0.3) is 11.8 Å². The van der Waals surface area contributed by atoms with E-state index < -0.39 is 46.0 Å². The number of nitrogens with one attached hydrogen (secondary N) is 2. The number of rotatable bonds is 7. The predicted molar refractivity (Wildman–Crippen MR) is 125 cm³/mol. The first-order valence-electron chi connectivity index (χ1n) is 9.56. The van der Waals surface area contributed by atoms with Crippen molar-refractivity contribution >= 4 is 63.5 Å². The molecular weight excluding hydrogens is 524 g/mol. The summed E-state index contributed by atoms with van der Waals surface area (Å²) >= 11 is 3.29. The number of amides is 2. The number of carboxylic acids is 1. The van der Waals surface area contributed by atoms with Gasteiger partial charge in [-0.1, -0.05) is 16.9 Å². The summed E-state index contributed by atoms with van der Waals surface area (Å²) in [7, 11) is 1.48. The lowest BCUT2D eigenvalue weighted by Crippen LogP contribution is -2.71. The van der Waals surface area contributed by atoms with E-state index in [-0.39, 0.29) is 33.2 Å². The summed E-state index contributed by atoms with van der Waals surface area (Å²) in [6, 6.07) is -1.05. The number of anilines is 1. The van der Waals surface area contributed by atoms with Gasteiger partial charge in [-0.05, 0) is 5.57 Å². The average Bonchev–Trinajstić information content (AvgIpc) is 3.24. The van der Waals surface area contributed by atoms with E-state index in [0.717, 1.165) is 28.0 Å². The Balaban J connectivity index is 1.50. The van der Waals surface area contributed by atoms with E-state index in [4.69, 9.17) is 5.73 Å². The Morgan fingerprint density at radius 3 is 2.74 bits per heavy atom. The molecule has 1 fully saturated rings. The fourth-order valence-corrected chi connectivity index (χ4v) is 6.31. The molecule has 0 aromatic carbocycles. The highest BCUT2D eigenvalue weighted by molar-refractivity contribution is 8.01. The number of thioether (sulfide) groups is 2. The highest BCUT2D eigenvalue weighted by Crippen LogP contribution is 2.41. The number of fused-ring (bicyclic) bond motifs is 1. The Labute approximate surface area is 207 Å². The highest BCUT2D eigenvalue weighted by atomic mass is 32.2. The molecule has 4 rings (SSSR count). The van der Waals surface area contributed by atoms with Gasteiger partial charge in [-0.3, -0.25) is 33.9 Å². The van der Waals surface area contributed by atoms with E-state index in [9.17, 15) is 34.3 Å². The summed E-state index contributed by atoms with van der Waals surface area (Å²) < 4.78 is 1.24. The molecule has 0 saturated carbocycles. The topological polar surface area (TPSA) is 226 Å². The molecule has 184 valence electrons. The van der Waals surface area contributed by atoms with Crippen LogP contribution in [0.15, 0.2) is 36.6 Å². The molecular formula is C17H16N8O7S3. The number of H-pyrrole nitrogens is 1. The molecule has 0 unspecified atom stereocenters. The van der Waals surface area contributed by atoms with Gasteiger partial charge in [-0.25, -0.2) is 9.78 Å². The third-order valence-corrected chi connectivity index (χ3v) is 8.07. The second kappa shape index (κ2) is 9.55. The SMILES string of the molecule is Cn1[nH]c(=O)c(=O)nc1SCC1=C(C(=O)O)N2C(=O)[C@@H](NC(=O)/C(=N\O)c3csc(N)n3)[C@H]2SC1. The van der Waals surface area contributed by atoms with Gasteiger partial charge in [0.1, 0.15) is 22.8 Å². The number of β-lactam (4-membered cyclic amide) rings is 1. The molecule has 0 bridgehead atoms. The van der Waals surface area contributed by atoms with Crippen LogP contribution in [-0.2, 0) is 21.4 Å². The number of aliphatic carboxylic acids is 1. The first-order valence-corrected chi connectivity index (χ1v) is 12.5. The Morgan fingerprint density at radius 2 is 2.11 bits per heavy atom. The summed E-state index contributed by atoms with van der Waals surface area (Å²) in [5, 5.41) is 27.7. The molecule has 2 aliphatic rings. The third-order valence-electron chi connectivity index (χ3n) is 4.94. The first kappa shape index (κ1) is 24.5. The van der Waals surface area contributed by atoms with E-state index in [2.05, 4.69) is 25.5 Å². The summed E-state index contributed by atoms with van der Waals surface area (Å²) in [5.74, 6) is -2.55. The standard InChI is InChI=1S/C17H16N8O7S3/c1-24-17(21-11(27)12(28)22-24)35-3-5-2-33-14-8(13(29)25(14)9(5)15(30)31)20-10(26)7(23-32)6-4-34-16(18)19-6/h4,8,14,32H,2-3H2,1H3,(H2,18,19)(H,20,26)(H,22,28)(H,30,31)/b23-7-/t8-,14-/m1/s1. The summed E-state index contributed by atoms with van der Waals surface area (Å²) in [5.41, 5.74) is 3.45. The van der Waals surface area contributed by atoms with Crippen molar-refractivity contribution in [3.63, 3.8) is 0 Å². The van der Waals surface area contributed by atoms with Gasteiger partial charge in [0, 0.05) is 23.9 Å². The van der Waals surface area contributed by atoms with Crippen molar-refractivity contribution in [2.75, 3.05) is 17.2 Å². The number of aromatic amines is 1. The van der Waals surface area contributed by atoms with Crippen LogP contribution in [0, 0.1) is 0 Å². The molecule has 2 aromatic heterocycles. The maximum absolute atomic E-state index is 12.8. The molecule has 6 N–H and O–H groups in total. The summed E-state index contributed by atoms with van der Waals surface area (Å²) in [4.78, 5) is 68.9. The Hall–Kier alpha value is -3.64. The molecule has 2 aliphatic heterocycles. The first-order chi connectivity index (χ1) is 16.6. The Bertz CT molecular complexity index is 1410. The van der Waals surface area contributed by atoms with Crippen molar-refractivity contribution in [3.05, 3.63) is 43.1 Å². The van der Waals surface area contributed by atoms with Crippen molar-refractivity contribution in [2.24, 2.45) is 12.2 Å². The van der Waals surface area contributed by atoms with Crippen molar-refractivity contribution in [1.82, 2.24) is 30.0 Å². The molecule has 18 heteroatoms. The molecule has 35 heavy (non-hydrogen) atoms. The van der Waals surface area contributed by atoms with Crippen LogP contribution < -0.4 is 22.2 Å². The molecule has 0 aliphatic carbocycles. The number of nitrogen functional groups attached to an aromatic ring is 1. The van der Waals surface area contributed by atoms with Gasteiger partial charge in [-0.15, -0.1) is 23.1 Å². The monoisotopic (exact) mass is 540 g/mol. The minimum absolute atomic E-state index is 0.0307. The minimum atomic E-state index is -1.33. The molecule has 1 saturated heterocycles. The molecule has 2 amide bonds. The zero-order chi connectivity index (χ0) is 25.4. The molecule has 0 radical (unpaired) electrons. The quantitative estimate of drug-likeness (QED) is 0.0656. The maximum atomic E-state index is 12.8. The molecule has 0 spiro atoms. The van der Waals surface area contributed by atoms with Gasteiger partial charge in [0.15, 0.2) is 16.0 Å². The van der Waals surface area contributed by atoms with Gasteiger partial charge in [0.2, 0.25) is 0 Å². The largest absolute Gasteiger partial charge is 0.477 e. The van der Waals surface area contributed by atoms with Crippen LogP contribution in [0.25, 0.3) is 0 Å². The van der Waals surface area contributed by atoms with Gasteiger partial charge >= 0.3 is 17.1 Å². The van der Waals surface area contributed by atoms with Crippen LogP contribution >= 0.6 is 34.9 Å². The number of carbonyl (C=O) groups is 3. The normalized spacial score (nSPS) is 19.9. The zero-order valence-electron chi connectivity index (χ0n) is 17.6. The van der Waals surface area contributed by atoms with Crippen LogP contribution in [0.5, 0.6) is 0 Å². The third kappa shape index (κ3) is 4.54.